The molecule has 10 heteroatoms. The predicted molar refractivity (Wildman–Crippen MR) is 141 cm³/mol. The summed E-state index contributed by atoms with van der Waals surface area (Å²) in [6.07, 6.45) is -4.54. The highest BCUT2D eigenvalue weighted by molar-refractivity contribution is 6.04. The molecule has 1 fully saturated rings. The topological polar surface area (TPSA) is 73.4 Å². The first kappa shape index (κ1) is 27.1. The summed E-state index contributed by atoms with van der Waals surface area (Å²) < 4.78 is 41.7. The van der Waals surface area contributed by atoms with Gasteiger partial charge in [-0.2, -0.15) is 13.2 Å². The normalized spacial score (nSPS) is 14.5. The number of benzene rings is 2. The lowest BCUT2D eigenvalue weighted by Gasteiger charge is -2.33. The van der Waals surface area contributed by atoms with Crippen molar-refractivity contribution in [3.8, 4) is 11.8 Å². The van der Waals surface area contributed by atoms with Crippen LogP contribution in [0.4, 0.5) is 24.7 Å². The number of halogens is 3. The van der Waals surface area contributed by atoms with E-state index in [4.69, 9.17) is 0 Å². The summed E-state index contributed by atoms with van der Waals surface area (Å²) in [6, 6.07) is 12.4. The van der Waals surface area contributed by atoms with Crippen LogP contribution in [0.5, 0.6) is 0 Å². The Kier molecular flexibility index (Phi) is 8.29. The number of hydrogen-bond donors (Lipinski definition) is 2. The molecule has 4 rings (SSSR count). The summed E-state index contributed by atoms with van der Waals surface area (Å²) in [5, 5.41) is 13.5. The molecule has 2 aromatic carbocycles. The number of likely N-dealkylation sites (N-methyl/N-ethyl adjacent to an activating group) is 1. The number of aromatic nitrogens is 2. The van der Waals surface area contributed by atoms with Gasteiger partial charge in [-0.15, -0.1) is 10.2 Å². The van der Waals surface area contributed by atoms with Crippen LogP contribution in [0, 0.1) is 18.8 Å². The van der Waals surface area contributed by atoms with E-state index >= 15 is 0 Å². The van der Waals surface area contributed by atoms with Crippen LogP contribution in [0.15, 0.2) is 48.5 Å². The number of carbonyl (C=O) groups is 1. The number of amides is 1. The Bertz CT molecular complexity index is 1350. The largest absolute Gasteiger partial charge is 0.416 e. The van der Waals surface area contributed by atoms with Crippen LogP contribution in [0.2, 0.25) is 0 Å². The number of hydrogen-bond acceptors (Lipinski definition) is 6. The van der Waals surface area contributed by atoms with Gasteiger partial charge in [0.25, 0.3) is 5.91 Å². The molecule has 2 heterocycles. The van der Waals surface area contributed by atoms with Crippen LogP contribution in [0.25, 0.3) is 0 Å². The molecule has 7 nitrogen and oxygen atoms in total. The summed E-state index contributed by atoms with van der Waals surface area (Å²) in [6.45, 7) is 5.11. The zero-order valence-electron chi connectivity index (χ0n) is 21.5. The molecule has 2 N–H and O–H groups in total. The van der Waals surface area contributed by atoms with E-state index in [9.17, 15) is 18.0 Å². The van der Waals surface area contributed by atoms with Crippen LogP contribution in [-0.4, -0.2) is 66.2 Å². The zero-order valence-corrected chi connectivity index (χ0v) is 21.5. The van der Waals surface area contributed by atoms with E-state index in [0.717, 1.165) is 24.7 Å². The number of aryl methyl sites for hydroxylation is 1. The molecule has 1 amide bonds. The lowest BCUT2D eigenvalue weighted by Crippen LogP contribution is -2.44. The summed E-state index contributed by atoms with van der Waals surface area (Å²) in [5.74, 6) is 6.01. The van der Waals surface area contributed by atoms with Gasteiger partial charge < -0.3 is 15.5 Å². The van der Waals surface area contributed by atoms with Crippen molar-refractivity contribution in [3.63, 3.8) is 0 Å². The van der Waals surface area contributed by atoms with Gasteiger partial charge in [-0.1, -0.05) is 18.1 Å². The van der Waals surface area contributed by atoms with Gasteiger partial charge in [0.15, 0.2) is 0 Å². The quantitative estimate of drug-likeness (QED) is 0.489. The maximum Gasteiger partial charge on any atom is 0.416 e. The van der Waals surface area contributed by atoms with E-state index < -0.39 is 17.6 Å². The third-order valence-electron chi connectivity index (χ3n) is 6.41. The molecule has 0 radical (unpaired) electrons. The highest BCUT2D eigenvalue weighted by Gasteiger charge is 2.34. The Morgan fingerprint density at radius 1 is 1.00 bits per heavy atom. The fourth-order valence-electron chi connectivity index (χ4n) is 4.07. The number of nitrogens with one attached hydrogen (secondary N) is 2. The molecule has 0 bridgehead atoms. The Labute approximate surface area is 220 Å². The van der Waals surface area contributed by atoms with Crippen molar-refractivity contribution in [3.05, 3.63) is 82.0 Å². The Hall–Kier alpha value is -3.94. The zero-order chi connectivity index (χ0) is 27.3. The highest BCUT2D eigenvalue weighted by atomic mass is 19.4. The molecule has 0 aliphatic carbocycles. The molecular formula is C28H29F3N6O. The van der Waals surface area contributed by atoms with E-state index in [1.807, 2.05) is 18.9 Å². The maximum atomic E-state index is 13.9. The molecular weight excluding hydrogens is 493 g/mol. The standard InChI is InChI=1S/C28H29F3N6O/c1-19-4-5-21(16-20(19)6-8-23-10-11-26(32-2)35-34-23)27(38)33-24-9-7-22(25(17-24)28(29,30)31)18-37-14-12-36(3)13-15-37/h4-5,7,9-11,16-17H,12-15,18H2,1-3H3,(H,32,35)(H,33,38). The van der Waals surface area contributed by atoms with Crippen LogP contribution in [0.1, 0.15) is 38.3 Å². The summed E-state index contributed by atoms with van der Waals surface area (Å²) >= 11 is 0. The van der Waals surface area contributed by atoms with E-state index in [-0.39, 0.29) is 23.4 Å². The Balaban J connectivity index is 1.51. The SMILES string of the molecule is CNc1ccc(C#Cc2cc(C(=O)Nc3ccc(CN4CCN(C)CC4)c(C(F)(F)F)c3)ccc2C)nn1. The fourth-order valence-corrected chi connectivity index (χ4v) is 4.07. The number of anilines is 2. The molecule has 1 saturated heterocycles. The number of piperazine rings is 1. The average Bonchev–Trinajstić information content (AvgIpc) is 2.90. The van der Waals surface area contributed by atoms with Gasteiger partial charge in [-0.05, 0) is 67.4 Å². The van der Waals surface area contributed by atoms with Crippen LogP contribution >= 0.6 is 0 Å². The van der Waals surface area contributed by atoms with Crippen molar-refractivity contribution >= 4 is 17.4 Å². The average molecular weight is 523 g/mol. The van der Waals surface area contributed by atoms with Gasteiger partial charge in [0.05, 0.1) is 5.56 Å². The van der Waals surface area contributed by atoms with Gasteiger partial charge in [0, 0.05) is 56.6 Å². The summed E-state index contributed by atoms with van der Waals surface area (Å²) in [5.41, 5.74) is 1.74. The fraction of sp³-hybridized carbons (Fsp3) is 0.321. The van der Waals surface area contributed by atoms with Gasteiger partial charge >= 0.3 is 6.18 Å². The first-order valence-electron chi connectivity index (χ1n) is 12.2. The van der Waals surface area contributed by atoms with Crippen molar-refractivity contribution in [1.82, 2.24) is 20.0 Å². The summed E-state index contributed by atoms with van der Waals surface area (Å²) in [4.78, 5) is 17.1. The molecule has 0 unspecified atom stereocenters. The lowest BCUT2D eigenvalue weighted by atomic mass is 10.0. The van der Waals surface area contributed by atoms with E-state index in [0.29, 0.717) is 30.2 Å². The van der Waals surface area contributed by atoms with Gasteiger partial charge in [-0.25, -0.2) is 0 Å². The molecule has 198 valence electrons. The lowest BCUT2D eigenvalue weighted by molar-refractivity contribution is -0.138. The van der Waals surface area contributed by atoms with Crippen molar-refractivity contribution in [2.45, 2.75) is 19.6 Å². The minimum absolute atomic E-state index is 0.0811. The molecule has 3 aromatic rings. The first-order valence-corrected chi connectivity index (χ1v) is 12.2. The highest BCUT2D eigenvalue weighted by Crippen LogP contribution is 2.34. The van der Waals surface area contributed by atoms with Crippen molar-refractivity contribution in [2.24, 2.45) is 0 Å². The minimum atomic E-state index is -4.54. The van der Waals surface area contributed by atoms with Crippen molar-refractivity contribution < 1.29 is 18.0 Å². The third-order valence-corrected chi connectivity index (χ3v) is 6.41. The molecule has 0 spiro atoms. The van der Waals surface area contributed by atoms with Crippen LogP contribution in [-0.2, 0) is 12.7 Å². The third kappa shape index (κ3) is 6.88. The van der Waals surface area contributed by atoms with Crippen molar-refractivity contribution in [1.29, 1.82) is 0 Å². The second kappa shape index (κ2) is 11.6. The molecule has 38 heavy (non-hydrogen) atoms. The Morgan fingerprint density at radius 3 is 2.42 bits per heavy atom. The van der Waals surface area contributed by atoms with E-state index in [1.54, 1.807) is 37.4 Å². The Morgan fingerprint density at radius 2 is 1.76 bits per heavy atom. The number of rotatable bonds is 5. The van der Waals surface area contributed by atoms with E-state index in [2.05, 4.69) is 37.6 Å². The minimum Gasteiger partial charge on any atom is -0.372 e. The molecule has 0 saturated carbocycles. The van der Waals surface area contributed by atoms with Gasteiger partial charge in [0.1, 0.15) is 11.5 Å². The number of alkyl halides is 3. The molecule has 0 atom stereocenters. The number of carbonyl (C=O) groups excluding carboxylic acids is 1. The number of nitrogens with zero attached hydrogens (tertiary/aromatic N) is 4. The molecule has 1 aromatic heterocycles. The summed E-state index contributed by atoms with van der Waals surface area (Å²) in [7, 11) is 3.74. The smallest absolute Gasteiger partial charge is 0.372 e. The molecule has 1 aliphatic rings. The second-order valence-electron chi connectivity index (χ2n) is 9.24. The monoisotopic (exact) mass is 522 g/mol. The first-order chi connectivity index (χ1) is 18.1. The van der Waals surface area contributed by atoms with E-state index in [1.165, 1.54) is 12.1 Å². The predicted octanol–water partition coefficient (Wildman–Crippen LogP) is 4.25. The van der Waals surface area contributed by atoms with Crippen molar-refractivity contribution in [2.75, 3.05) is 50.9 Å². The van der Waals surface area contributed by atoms with Gasteiger partial charge in [-0.3, -0.25) is 9.69 Å². The maximum absolute atomic E-state index is 13.9. The second-order valence-corrected chi connectivity index (χ2v) is 9.24. The van der Waals surface area contributed by atoms with Crippen LogP contribution < -0.4 is 10.6 Å². The molecule has 1 aliphatic heterocycles. The van der Waals surface area contributed by atoms with Gasteiger partial charge in [0.2, 0.25) is 0 Å². The van der Waals surface area contributed by atoms with Crippen LogP contribution in [0.3, 0.4) is 0 Å².